The van der Waals surface area contributed by atoms with Crippen molar-refractivity contribution in [2.45, 2.75) is 25.8 Å². The molecule has 0 saturated carbocycles. The molecule has 0 spiro atoms. The normalized spacial score (nSPS) is 12.6. The largest absolute Gasteiger partial charge is 0.399 e. The highest BCUT2D eigenvalue weighted by Crippen LogP contribution is 2.31. The van der Waals surface area contributed by atoms with E-state index in [0.29, 0.717) is 11.4 Å². The average molecular weight is 266 g/mol. The number of nitrogen functional groups attached to an aromatic ring is 1. The summed E-state index contributed by atoms with van der Waals surface area (Å²) in [5.41, 5.74) is 6.16. The second-order valence-electron chi connectivity index (χ2n) is 4.23. The van der Waals surface area contributed by atoms with Crippen LogP contribution < -0.4 is 11.1 Å². The van der Waals surface area contributed by atoms with Gasteiger partial charge >= 0.3 is 0 Å². The van der Waals surface area contributed by atoms with Gasteiger partial charge in [0.2, 0.25) is 0 Å². The zero-order valence-corrected chi connectivity index (χ0v) is 10.5. The zero-order valence-electron chi connectivity index (χ0n) is 10.5. The SMILES string of the molecule is CCC(Nc1ccc(N)cc1C(F)F)c1ncc[nH]1. The van der Waals surface area contributed by atoms with Gasteiger partial charge in [-0.2, -0.15) is 0 Å². The van der Waals surface area contributed by atoms with Crippen LogP contribution in [0.15, 0.2) is 30.6 Å². The highest BCUT2D eigenvalue weighted by molar-refractivity contribution is 5.59. The van der Waals surface area contributed by atoms with Gasteiger partial charge in [0.05, 0.1) is 6.04 Å². The van der Waals surface area contributed by atoms with E-state index < -0.39 is 6.43 Å². The number of alkyl halides is 2. The summed E-state index contributed by atoms with van der Waals surface area (Å²) in [4.78, 5) is 7.13. The molecular formula is C13H16F2N4. The van der Waals surface area contributed by atoms with Crippen LogP contribution in [0.25, 0.3) is 0 Å². The predicted molar refractivity (Wildman–Crippen MR) is 71.1 cm³/mol. The molecule has 0 saturated heterocycles. The number of nitrogens with two attached hydrogens (primary N) is 1. The first-order valence-electron chi connectivity index (χ1n) is 6.05. The quantitative estimate of drug-likeness (QED) is 0.726. The van der Waals surface area contributed by atoms with E-state index in [-0.39, 0.29) is 11.6 Å². The molecule has 0 bridgehead atoms. The maximum atomic E-state index is 13.0. The molecule has 0 aliphatic rings. The fourth-order valence-corrected chi connectivity index (χ4v) is 1.91. The molecule has 19 heavy (non-hydrogen) atoms. The van der Waals surface area contributed by atoms with Crippen molar-refractivity contribution in [3.05, 3.63) is 42.0 Å². The second kappa shape index (κ2) is 5.69. The molecule has 4 nitrogen and oxygen atoms in total. The third kappa shape index (κ3) is 3.01. The van der Waals surface area contributed by atoms with Crippen molar-refractivity contribution >= 4 is 11.4 Å². The molecule has 1 unspecified atom stereocenters. The standard InChI is InChI=1S/C13H16F2N4/c1-2-10(13-17-5-6-18-13)19-11-4-3-8(16)7-9(11)12(14)15/h3-7,10,12,19H,2,16H2,1H3,(H,17,18). The van der Waals surface area contributed by atoms with E-state index in [4.69, 9.17) is 5.73 Å². The van der Waals surface area contributed by atoms with Crippen LogP contribution >= 0.6 is 0 Å². The Hall–Kier alpha value is -2.11. The fourth-order valence-electron chi connectivity index (χ4n) is 1.91. The Balaban J connectivity index is 2.27. The number of halogens is 2. The van der Waals surface area contributed by atoms with Crippen LogP contribution in [0.2, 0.25) is 0 Å². The predicted octanol–water partition coefficient (Wildman–Crippen LogP) is 3.49. The van der Waals surface area contributed by atoms with E-state index in [0.717, 1.165) is 12.2 Å². The number of aromatic nitrogens is 2. The van der Waals surface area contributed by atoms with E-state index in [1.165, 1.54) is 6.07 Å². The molecule has 0 fully saturated rings. The first kappa shape index (κ1) is 13.3. The van der Waals surface area contributed by atoms with Gasteiger partial charge in [-0.1, -0.05) is 6.92 Å². The number of nitrogens with one attached hydrogen (secondary N) is 2. The van der Waals surface area contributed by atoms with Gasteiger partial charge in [0.25, 0.3) is 6.43 Å². The van der Waals surface area contributed by atoms with Crippen LogP contribution in [0, 0.1) is 0 Å². The number of aromatic amines is 1. The average Bonchev–Trinajstić information content (AvgIpc) is 2.90. The van der Waals surface area contributed by atoms with Crippen molar-refractivity contribution in [1.82, 2.24) is 9.97 Å². The van der Waals surface area contributed by atoms with Crippen LogP contribution in [0.1, 0.15) is 37.2 Å². The number of rotatable bonds is 5. The third-order valence-electron chi connectivity index (χ3n) is 2.90. The smallest absolute Gasteiger partial charge is 0.265 e. The molecular weight excluding hydrogens is 250 g/mol. The minimum atomic E-state index is -2.57. The van der Waals surface area contributed by atoms with Crippen molar-refractivity contribution in [2.75, 3.05) is 11.1 Å². The lowest BCUT2D eigenvalue weighted by atomic mass is 10.1. The summed E-state index contributed by atoms with van der Waals surface area (Å²) in [6, 6.07) is 4.32. The Morgan fingerprint density at radius 1 is 1.42 bits per heavy atom. The van der Waals surface area contributed by atoms with Crippen LogP contribution in [0.3, 0.4) is 0 Å². The number of H-pyrrole nitrogens is 1. The Morgan fingerprint density at radius 2 is 2.21 bits per heavy atom. The van der Waals surface area contributed by atoms with Gasteiger partial charge in [-0.15, -0.1) is 0 Å². The molecule has 0 aliphatic heterocycles. The summed E-state index contributed by atoms with van der Waals surface area (Å²) < 4.78 is 26.0. The van der Waals surface area contributed by atoms with Gasteiger partial charge in [-0.3, -0.25) is 0 Å². The molecule has 102 valence electrons. The molecule has 1 heterocycles. The van der Waals surface area contributed by atoms with Gasteiger partial charge in [0.15, 0.2) is 0 Å². The molecule has 1 aromatic heterocycles. The van der Waals surface area contributed by atoms with Crippen molar-refractivity contribution in [3.8, 4) is 0 Å². The summed E-state index contributed by atoms with van der Waals surface area (Å²) in [5.74, 6) is 0.722. The summed E-state index contributed by atoms with van der Waals surface area (Å²) in [5, 5.41) is 3.08. The first-order chi connectivity index (χ1) is 9.11. The number of hydrogen-bond acceptors (Lipinski definition) is 3. The summed E-state index contributed by atoms with van der Waals surface area (Å²) in [7, 11) is 0. The van der Waals surface area contributed by atoms with Crippen LogP contribution in [0.4, 0.5) is 20.2 Å². The van der Waals surface area contributed by atoms with E-state index in [2.05, 4.69) is 15.3 Å². The van der Waals surface area contributed by atoms with Crippen LogP contribution in [0.5, 0.6) is 0 Å². The molecule has 0 amide bonds. The van der Waals surface area contributed by atoms with E-state index >= 15 is 0 Å². The molecule has 4 N–H and O–H groups in total. The number of nitrogens with zero attached hydrogens (tertiary/aromatic N) is 1. The molecule has 0 aliphatic carbocycles. The lowest BCUT2D eigenvalue weighted by molar-refractivity contribution is 0.152. The molecule has 1 atom stereocenters. The number of hydrogen-bond donors (Lipinski definition) is 3. The van der Waals surface area contributed by atoms with Gasteiger partial charge < -0.3 is 16.0 Å². The Bertz CT molecular complexity index is 525. The van der Waals surface area contributed by atoms with E-state index in [1.807, 2.05) is 6.92 Å². The third-order valence-corrected chi connectivity index (χ3v) is 2.90. The van der Waals surface area contributed by atoms with Gasteiger partial charge in [-0.05, 0) is 24.6 Å². The monoisotopic (exact) mass is 266 g/mol. The molecule has 2 rings (SSSR count). The van der Waals surface area contributed by atoms with Crippen LogP contribution in [-0.2, 0) is 0 Å². The van der Waals surface area contributed by atoms with Gasteiger partial charge in [0, 0.05) is 29.3 Å². The Kier molecular flexibility index (Phi) is 3.99. The minimum Gasteiger partial charge on any atom is -0.399 e. The van der Waals surface area contributed by atoms with Crippen molar-refractivity contribution in [3.63, 3.8) is 0 Å². The molecule has 1 aromatic carbocycles. The van der Waals surface area contributed by atoms with Gasteiger partial charge in [-0.25, -0.2) is 13.8 Å². The molecule has 2 aromatic rings. The lowest BCUT2D eigenvalue weighted by Crippen LogP contribution is -2.13. The highest BCUT2D eigenvalue weighted by atomic mass is 19.3. The molecule has 0 radical (unpaired) electrons. The summed E-state index contributed by atoms with van der Waals surface area (Å²) in [6.07, 6.45) is 1.49. The minimum absolute atomic E-state index is 0.0926. The van der Waals surface area contributed by atoms with Crippen molar-refractivity contribution in [2.24, 2.45) is 0 Å². The second-order valence-corrected chi connectivity index (χ2v) is 4.23. The lowest BCUT2D eigenvalue weighted by Gasteiger charge is -2.19. The maximum Gasteiger partial charge on any atom is 0.265 e. The number of anilines is 2. The fraction of sp³-hybridized carbons (Fsp3) is 0.308. The number of benzene rings is 1. The molecule has 6 heteroatoms. The Morgan fingerprint density at radius 3 is 2.79 bits per heavy atom. The highest BCUT2D eigenvalue weighted by Gasteiger charge is 2.17. The Labute approximate surface area is 110 Å². The van der Waals surface area contributed by atoms with E-state index in [9.17, 15) is 8.78 Å². The summed E-state index contributed by atoms with van der Waals surface area (Å²) in [6.45, 7) is 1.96. The topological polar surface area (TPSA) is 66.7 Å². The van der Waals surface area contributed by atoms with Gasteiger partial charge in [0.1, 0.15) is 5.82 Å². The zero-order chi connectivity index (χ0) is 13.8. The maximum absolute atomic E-state index is 13.0. The van der Waals surface area contributed by atoms with E-state index in [1.54, 1.807) is 24.5 Å². The van der Waals surface area contributed by atoms with Crippen LogP contribution in [-0.4, -0.2) is 9.97 Å². The summed E-state index contributed by atoms with van der Waals surface area (Å²) >= 11 is 0. The number of imidazole rings is 1. The van der Waals surface area contributed by atoms with Crippen molar-refractivity contribution < 1.29 is 8.78 Å². The first-order valence-corrected chi connectivity index (χ1v) is 6.05. The van der Waals surface area contributed by atoms with Crippen molar-refractivity contribution in [1.29, 1.82) is 0 Å².